The van der Waals surface area contributed by atoms with Gasteiger partial charge in [-0.3, -0.25) is 4.46 Å². The minimum absolute atomic E-state index is 0. The molecule has 0 aromatic rings. The van der Waals surface area contributed by atoms with Crippen molar-refractivity contribution in [1.29, 1.82) is 0 Å². The molecule has 0 aromatic carbocycles. The quantitative estimate of drug-likeness (QED) is 0.355. The zero-order valence-electron chi connectivity index (χ0n) is 5.53. The normalized spacial score (nSPS) is 5.33. The molecule has 0 fully saturated rings. The number of hydrogen-bond donors (Lipinski definition) is 2. The first-order valence-electron chi connectivity index (χ1n) is 1.26. The van der Waals surface area contributed by atoms with Crippen LogP contribution in [0.1, 0.15) is 1.43 Å². The molecule has 0 aliphatic heterocycles. The van der Waals surface area contributed by atoms with E-state index in [4.69, 9.17) is 28.1 Å². The molecule has 0 amide bonds. The molecule has 48 valence electrons. The van der Waals surface area contributed by atoms with Crippen molar-refractivity contribution in [2.24, 2.45) is 0 Å². The van der Waals surface area contributed by atoms with E-state index in [-0.39, 0.29) is 31.0 Å². The molecule has 9 heteroatoms. The van der Waals surface area contributed by atoms with Crippen molar-refractivity contribution in [1.82, 2.24) is 0 Å². The summed E-state index contributed by atoms with van der Waals surface area (Å²) >= 11 is 0. The third-order valence-electron chi connectivity index (χ3n) is 0. The molecule has 2 N–H and O–H groups in total. The fourth-order valence-electron chi connectivity index (χ4n) is 0. The van der Waals surface area contributed by atoms with Gasteiger partial charge in [-0.1, -0.05) is 0 Å². The van der Waals surface area contributed by atoms with E-state index in [0.29, 0.717) is 0 Å². The zero-order valence-corrected chi connectivity index (χ0v) is 8.53. The summed E-state index contributed by atoms with van der Waals surface area (Å²) in [7, 11) is -6.76. The van der Waals surface area contributed by atoms with Gasteiger partial charge in [-0.2, -0.15) is 0 Å². The van der Waals surface area contributed by atoms with E-state index in [0.717, 1.165) is 0 Å². The second-order valence-corrected chi connectivity index (χ2v) is 1.60. The van der Waals surface area contributed by atoms with Crippen LogP contribution in [0.25, 0.3) is 0 Å². The number of rotatable bonds is 0. The summed E-state index contributed by atoms with van der Waals surface area (Å²) < 4.78 is 17.3. The van der Waals surface area contributed by atoms with E-state index in [1.54, 1.807) is 0 Å². The SMILES string of the molecule is O=[Si](O)O.O=[Si]([O-])[O-].[H+].[Na+]. The smallest absolute Gasteiger partial charge is 0.672 e. The molecule has 0 radical (unpaired) electrons. The van der Waals surface area contributed by atoms with E-state index in [1.165, 1.54) is 0 Å². The zero-order chi connectivity index (χ0) is 7.15. The van der Waals surface area contributed by atoms with Gasteiger partial charge in [0.15, 0.2) is 0 Å². The molecular formula is H3NaO6Si2. The van der Waals surface area contributed by atoms with Crippen LogP contribution in [0.4, 0.5) is 0 Å². The molecule has 0 rings (SSSR count). The minimum atomic E-state index is -3.63. The van der Waals surface area contributed by atoms with Gasteiger partial charge in [0.2, 0.25) is 0 Å². The van der Waals surface area contributed by atoms with Gasteiger partial charge in [-0.05, 0) is 0 Å². The van der Waals surface area contributed by atoms with Gasteiger partial charge in [0, 0.05) is 9.17 Å². The third-order valence-corrected chi connectivity index (χ3v) is 0. The standard InChI is InChI=1S/Na.H2O3Si.O3Si/c;2*1-4(2)3/h;1-2H;/q+1;;-2/p+1. The van der Waals surface area contributed by atoms with Crippen LogP contribution in [-0.2, 0) is 8.92 Å². The Balaban J connectivity index is -0.0000000300. The molecule has 9 heavy (non-hydrogen) atoms. The predicted molar refractivity (Wildman–Crippen MR) is 18.4 cm³/mol. The largest absolute Gasteiger partial charge is 1.00 e. The van der Waals surface area contributed by atoms with Crippen LogP contribution in [0, 0.1) is 0 Å². The van der Waals surface area contributed by atoms with Gasteiger partial charge < -0.3 is 23.6 Å². The maximum Gasteiger partial charge on any atom is 1.00 e. The Bertz CT molecular complexity index is 73.7. The molecular weight excluding hydrogens is 175 g/mol. The van der Waals surface area contributed by atoms with Crippen molar-refractivity contribution in [3.63, 3.8) is 0 Å². The molecule has 6 nitrogen and oxygen atoms in total. The Hall–Kier alpha value is 0.234. The van der Waals surface area contributed by atoms with Crippen molar-refractivity contribution in [2.45, 2.75) is 0 Å². The van der Waals surface area contributed by atoms with E-state index < -0.39 is 18.3 Å². The Morgan fingerprint density at radius 2 is 1.22 bits per heavy atom. The van der Waals surface area contributed by atoms with Crippen molar-refractivity contribution in [3.05, 3.63) is 0 Å². The Morgan fingerprint density at radius 1 is 1.22 bits per heavy atom. The van der Waals surface area contributed by atoms with Gasteiger partial charge in [0.05, 0.1) is 0 Å². The van der Waals surface area contributed by atoms with E-state index in [9.17, 15) is 0 Å². The molecule has 0 saturated carbocycles. The van der Waals surface area contributed by atoms with Crippen LogP contribution in [0.3, 0.4) is 0 Å². The second kappa shape index (κ2) is 11.1. The van der Waals surface area contributed by atoms with Crippen LogP contribution < -0.4 is 39.1 Å². The first-order chi connectivity index (χ1) is 3.46. The Kier molecular flexibility index (Phi) is 19.8. The first kappa shape index (κ1) is 16.1. The summed E-state index contributed by atoms with van der Waals surface area (Å²) in [6, 6.07) is 0. The van der Waals surface area contributed by atoms with Gasteiger partial charge in [0.1, 0.15) is 0 Å². The summed E-state index contributed by atoms with van der Waals surface area (Å²) in [5.74, 6) is 0. The van der Waals surface area contributed by atoms with Crippen molar-refractivity contribution in [2.75, 3.05) is 0 Å². The fraction of sp³-hybridized carbons (Fsp3) is 0. The first-order valence-corrected chi connectivity index (χ1v) is 3.79. The molecule has 0 aliphatic carbocycles. The van der Waals surface area contributed by atoms with Crippen LogP contribution in [0.5, 0.6) is 0 Å². The molecule has 0 heterocycles. The average Bonchev–Trinajstić information content (AvgIpc) is 1.25. The van der Waals surface area contributed by atoms with Crippen molar-refractivity contribution >= 4 is 18.3 Å². The molecule has 0 aromatic heterocycles. The number of hydrogen-bond acceptors (Lipinski definition) is 4. The average molecular weight is 178 g/mol. The Labute approximate surface area is 77.4 Å². The monoisotopic (exact) mass is 178 g/mol. The molecule has 0 unspecified atom stereocenters. The maximum absolute atomic E-state index is 8.74. The molecule has 0 saturated heterocycles. The van der Waals surface area contributed by atoms with Gasteiger partial charge in [-0.15, -0.1) is 0 Å². The molecule has 0 atom stereocenters. The summed E-state index contributed by atoms with van der Waals surface area (Å²) in [6.07, 6.45) is 0. The Morgan fingerprint density at radius 3 is 1.22 bits per heavy atom. The molecule has 0 spiro atoms. The predicted octanol–water partition coefficient (Wildman–Crippen LogP) is -7.37. The minimum Gasteiger partial charge on any atom is -0.672 e. The molecule has 0 bridgehead atoms. The third kappa shape index (κ3) is 5860. The van der Waals surface area contributed by atoms with Crippen molar-refractivity contribution < 1.29 is 59.1 Å². The van der Waals surface area contributed by atoms with E-state index >= 15 is 0 Å². The van der Waals surface area contributed by atoms with Gasteiger partial charge in [-0.25, -0.2) is 0 Å². The van der Waals surface area contributed by atoms with Crippen LogP contribution in [0.15, 0.2) is 0 Å². The summed E-state index contributed by atoms with van der Waals surface area (Å²) in [6.45, 7) is 0. The van der Waals surface area contributed by atoms with Gasteiger partial charge >= 0.3 is 40.2 Å². The summed E-state index contributed by atoms with van der Waals surface area (Å²) in [5, 5.41) is 0. The van der Waals surface area contributed by atoms with Crippen LogP contribution in [0.2, 0.25) is 0 Å². The van der Waals surface area contributed by atoms with E-state index in [2.05, 4.69) is 0 Å². The maximum atomic E-state index is 8.74. The van der Waals surface area contributed by atoms with Gasteiger partial charge in [0.25, 0.3) is 0 Å². The molecule has 0 aliphatic rings. The van der Waals surface area contributed by atoms with Crippen LogP contribution >= 0.6 is 0 Å². The fourth-order valence-corrected chi connectivity index (χ4v) is 0. The summed E-state index contributed by atoms with van der Waals surface area (Å²) in [4.78, 5) is 31.4. The summed E-state index contributed by atoms with van der Waals surface area (Å²) in [5.41, 5.74) is 0. The van der Waals surface area contributed by atoms with Crippen LogP contribution in [-0.4, -0.2) is 27.9 Å². The topological polar surface area (TPSA) is 121 Å². The van der Waals surface area contributed by atoms with Crippen molar-refractivity contribution in [3.8, 4) is 0 Å². The van der Waals surface area contributed by atoms with E-state index in [1.807, 2.05) is 0 Å². The second-order valence-electron chi connectivity index (χ2n) is 0.533.